The Morgan fingerprint density at radius 2 is 2.00 bits per heavy atom. The van der Waals surface area contributed by atoms with E-state index in [0.717, 1.165) is 35.2 Å². The fraction of sp³-hybridized carbons (Fsp3) is 0.360. The lowest BCUT2D eigenvalue weighted by Gasteiger charge is -2.13. The number of nitrogens with one attached hydrogen (secondary N) is 4. The van der Waals surface area contributed by atoms with Crippen LogP contribution >= 0.6 is 0 Å². The number of hydrogen-bond acceptors (Lipinski definition) is 7. The molecule has 4 N–H and O–H groups in total. The second-order valence-electron chi connectivity index (χ2n) is 8.96. The van der Waals surface area contributed by atoms with Gasteiger partial charge in [-0.3, -0.25) is 0 Å². The number of fused-ring (bicyclic) bond motifs is 2. The number of anilines is 3. The monoisotopic (exact) mass is 476 g/mol. The van der Waals surface area contributed by atoms with Crippen LogP contribution in [-0.2, 0) is 0 Å². The van der Waals surface area contributed by atoms with Gasteiger partial charge in [0.1, 0.15) is 22.6 Å². The molecule has 2 heterocycles. The first-order chi connectivity index (χ1) is 16.8. The van der Waals surface area contributed by atoms with E-state index in [2.05, 4.69) is 40.8 Å². The van der Waals surface area contributed by atoms with E-state index in [9.17, 15) is 4.79 Å². The third-order valence-electron chi connectivity index (χ3n) is 5.21. The summed E-state index contributed by atoms with van der Waals surface area (Å²) in [7, 11) is 4.01. The average Bonchev–Trinajstić information content (AvgIpc) is 3.17. The summed E-state index contributed by atoms with van der Waals surface area (Å²) in [5.74, 6) is 1.88. The summed E-state index contributed by atoms with van der Waals surface area (Å²) in [6.07, 6.45) is 2.65. The smallest absolute Gasteiger partial charge is 0.319 e. The molecule has 0 saturated heterocycles. The molecule has 0 aliphatic heterocycles. The summed E-state index contributed by atoms with van der Waals surface area (Å²) in [5.41, 5.74) is 3.51. The van der Waals surface area contributed by atoms with E-state index < -0.39 is 0 Å². The molecule has 0 saturated carbocycles. The number of ether oxygens (including phenoxy) is 1. The number of aryl methyl sites for hydroxylation is 1. The summed E-state index contributed by atoms with van der Waals surface area (Å²) in [6.45, 7) is 7.32. The van der Waals surface area contributed by atoms with Gasteiger partial charge in [0, 0.05) is 23.8 Å². The zero-order chi connectivity index (χ0) is 24.9. The SMILES string of the molecule is Cc1nc2c(NC(=O)NCCCN(C)C)cc(Nc3ncc4cccc(OC(C)C)c4n3)cc2[nH]1. The molecule has 2 amide bonds. The van der Waals surface area contributed by atoms with Crippen LogP contribution in [0.2, 0.25) is 0 Å². The van der Waals surface area contributed by atoms with E-state index in [1.165, 1.54) is 0 Å². The number of rotatable bonds is 9. The maximum absolute atomic E-state index is 12.5. The van der Waals surface area contributed by atoms with Gasteiger partial charge in [0.15, 0.2) is 0 Å². The van der Waals surface area contributed by atoms with Crippen molar-refractivity contribution in [3.05, 3.63) is 42.4 Å². The summed E-state index contributed by atoms with van der Waals surface area (Å²) in [5, 5.41) is 9.97. The molecule has 0 atom stereocenters. The molecule has 2 aromatic heterocycles. The Hall–Kier alpha value is -3.92. The Labute approximate surface area is 204 Å². The van der Waals surface area contributed by atoms with Gasteiger partial charge in [-0.1, -0.05) is 12.1 Å². The van der Waals surface area contributed by atoms with E-state index >= 15 is 0 Å². The lowest BCUT2D eigenvalue weighted by Crippen LogP contribution is -2.31. The topological polar surface area (TPSA) is 120 Å². The van der Waals surface area contributed by atoms with Crippen LogP contribution in [0.1, 0.15) is 26.1 Å². The van der Waals surface area contributed by atoms with Crippen molar-refractivity contribution in [3.63, 3.8) is 0 Å². The molecule has 35 heavy (non-hydrogen) atoms. The average molecular weight is 477 g/mol. The highest BCUT2D eigenvalue weighted by Crippen LogP contribution is 2.29. The molecule has 10 heteroatoms. The van der Waals surface area contributed by atoms with Crippen molar-refractivity contribution < 1.29 is 9.53 Å². The van der Waals surface area contributed by atoms with Crippen LogP contribution in [0, 0.1) is 6.92 Å². The quantitative estimate of drug-likeness (QED) is 0.264. The van der Waals surface area contributed by atoms with Crippen molar-refractivity contribution in [2.45, 2.75) is 33.3 Å². The summed E-state index contributed by atoms with van der Waals surface area (Å²) >= 11 is 0. The molecule has 4 rings (SSSR count). The third kappa shape index (κ3) is 6.15. The Morgan fingerprint density at radius 3 is 2.77 bits per heavy atom. The Kier molecular flexibility index (Phi) is 7.31. The number of urea groups is 1. The first-order valence-corrected chi connectivity index (χ1v) is 11.7. The number of benzene rings is 2. The minimum Gasteiger partial charge on any atom is -0.489 e. The molecule has 4 aromatic rings. The number of carbonyl (C=O) groups excluding carboxylic acids is 1. The van der Waals surface area contributed by atoms with Crippen LogP contribution in [0.25, 0.3) is 21.9 Å². The van der Waals surface area contributed by atoms with Gasteiger partial charge in [-0.2, -0.15) is 0 Å². The Balaban J connectivity index is 1.58. The minimum atomic E-state index is -0.278. The molecule has 2 aromatic carbocycles. The number of imidazole rings is 1. The van der Waals surface area contributed by atoms with Crippen LogP contribution in [0.15, 0.2) is 36.5 Å². The van der Waals surface area contributed by atoms with Gasteiger partial charge in [-0.25, -0.2) is 19.7 Å². The fourth-order valence-electron chi connectivity index (χ4n) is 3.74. The first kappa shape index (κ1) is 24.2. The molecule has 0 unspecified atom stereocenters. The van der Waals surface area contributed by atoms with E-state index in [-0.39, 0.29) is 12.1 Å². The Morgan fingerprint density at radius 1 is 1.17 bits per heavy atom. The normalized spacial score (nSPS) is 11.4. The van der Waals surface area contributed by atoms with Crippen LogP contribution < -0.4 is 20.7 Å². The predicted molar refractivity (Wildman–Crippen MR) is 140 cm³/mol. The van der Waals surface area contributed by atoms with Crippen LogP contribution in [0.5, 0.6) is 5.75 Å². The van der Waals surface area contributed by atoms with Crippen molar-refractivity contribution in [2.24, 2.45) is 0 Å². The van der Waals surface area contributed by atoms with Crippen molar-refractivity contribution in [2.75, 3.05) is 37.8 Å². The summed E-state index contributed by atoms with van der Waals surface area (Å²) < 4.78 is 5.92. The Bertz CT molecular complexity index is 1330. The number of amides is 2. The van der Waals surface area contributed by atoms with E-state index in [1.807, 2.05) is 65.2 Å². The number of para-hydroxylation sites is 1. The van der Waals surface area contributed by atoms with Gasteiger partial charge in [-0.05, 0) is 66.0 Å². The zero-order valence-corrected chi connectivity index (χ0v) is 20.8. The molecular weight excluding hydrogens is 444 g/mol. The van der Waals surface area contributed by atoms with Crippen LogP contribution in [0.4, 0.5) is 22.1 Å². The van der Waals surface area contributed by atoms with Crippen LogP contribution in [-0.4, -0.2) is 64.2 Å². The van der Waals surface area contributed by atoms with E-state index in [4.69, 9.17) is 4.74 Å². The largest absolute Gasteiger partial charge is 0.489 e. The highest BCUT2D eigenvalue weighted by atomic mass is 16.5. The number of hydrogen-bond donors (Lipinski definition) is 4. The minimum absolute atomic E-state index is 0.0284. The zero-order valence-electron chi connectivity index (χ0n) is 20.8. The molecular formula is C25H32N8O2. The number of aromatic nitrogens is 4. The molecule has 184 valence electrons. The maximum atomic E-state index is 12.5. The number of carbonyl (C=O) groups is 1. The highest BCUT2D eigenvalue weighted by Gasteiger charge is 2.13. The molecule has 0 radical (unpaired) electrons. The molecule has 0 fully saturated rings. The second-order valence-corrected chi connectivity index (χ2v) is 8.96. The highest BCUT2D eigenvalue weighted by molar-refractivity contribution is 6.01. The van der Waals surface area contributed by atoms with E-state index in [1.54, 1.807) is 6.20 Å². The number of aromatic amines is 1. The van der Waals surface area contributed by atoms with Gasteiger partial charge in [0.05, 0.1) is 17.3 Å². The summed E-state index contributed by atoms with van der Waals surface area (Å²) in [4.78, 5) is 31.5. The van der Waals surface area contributed by atoms with Gasteiger partial charge < -0.3 is 30.6 Å². The third-order valence-corrected chi connectivity index (χ3v) is 5.21. The van der Waals surface area contributed by atoms with Gasteiger partial charge >= 0.3 is 6.03 Å². The number of nitrogens with zero attached hydrogens (tertiary/aromatic N) is 4. The first-order valence-electron chi connectivity index (χ1n) is 11.7. The molecule has 0 bridgehead atoms. The number of H-pyrrole nitrogens is 1. The van der Waals surface area contributed by atoms with Crippen molar-refractivity contribution >= 4 is 45.3 Å². The van der Waals surface area contributed by atoms with Crippen LogP contribution in [0.3, 0.4) is 0 Å². The van der Waals surface area contributed by atoms with Crippen molar-refractivity contribution in [1.29, 1.82) is 0 Å². The lowest BCUT2D eigenvalue weighted by atomic mass is 10.2. The van der Waals surface area contributed by atoms with Crippen molar-refractivity contribution in [1.82, 2.24) is 30.2 Å². The summed E-state index contributed by atoms with van der Waals surface area (Å²) in [6, 6.07) is 9.24. The molecule has 0 aliphatic carbocycles. The molecule has 0 aliphatic rings. The van der Waals surface area contributed by atoms with E-state index in [0.29, 0.717) is 35.1 Å². The molecule has 0 spiro atoms. The standard InChI is InChI=1S/C25H32N8O2/c1-15(2)35-21-9-6-8-17-14-27-24(32-22(17)21)30-18-12-19-23(29-16(3)28-19)20(13-18)31-25(34)26-10-7-11-33(4)5/h6,8-9,12-15H,7,10-11H2,1-5H3,(H,28,29)(H2,26,31,34)(H,27,30,32). The van der Waals surface area contributed by atoms with Gasteiger partial charge in [0.25, 0.3) is 0 Å². The van der Waals surface area contributed by atoms with Gasteiger partial charge in [-0.15, -0.1) is 0 Å². The van der Waals surface area contributed by atoms with Gasteiger partial charge in [0.2, 0.25) is 5.95 Å². The van der Waals surface area contributed by atoms with Crippen molar-refractivity contribution in [3.8, 4) is 5.75 Å². The fourth-order valence-corrected chi connectivity index (χ4v) is 3.74. The second kappa shape index (κ2) is 10.6. The maximum Gasteiger partial charge on any atom is 0.319 e. The molecule has 10 nitrogen and oxygen atoms in total. The lowest BCUT2D eigenvalue weighted by molar-refractivity contribution is 0.245. The predicted octanol–water partition coefficient (Wildman–Crippen LogP) is 4.42.